The first-order valence-electron chi connectivity index (χ1n) is 9.07. The zero-order chi connectivity index (χ0) is 18.7. The zero-order valence-corrected chi connectivity index (χ0v) is 15.9. The number of hydrogen-bond acceptors (Lipinski definition) is 5. The van der Waals surface area contributed by atoms with Crippen LogP contribution in [0.2, 0.25) is 0 Å². The average molecular weight is 382 g/mol. The van der Waals surface area contributed by atoms with Gasteiger partial charge >= 0.3 is 0 Å². The number of non-ortho nitro benzene ring substituents is 1. The van der Waals surface area contributed by atoms with Crippen molar-refractivity contribution in [2.45, 2.75) is 26.3 Å². The van der Waals surface area contributed by atoms with Crippen LogP contribution in [0, 0.1) is 16.0 Å². The molecule has 1 unspecified atom stereocenters. The van der Waals surface area contributed by atoms with Gasteiger partial charge in [-0.2, -0.15) is 17.0 Å². The maximum absolute atomic E-state index is 12.8. The Kier molecular flexibility index (Phi) is 5.91. The van der Waals surface area contributed by atoms with Gasteiger partial charge in [0.05, 0.1) is 4.92 Å². The van der Waals surface area contributed by atoms with Crippen LogP contribution < -0.4 is 0 Å². The fraction of sp³-hybridized carbons (Fsp3) is 0.647. The van der Waals surface area contributed by atoms with Crippen LogP contribution in [-0.4, -0.2) is 66.1 Å². The monoisotopic (exact) mass is 382 g/mol. The van der Waals surface area contributed by atoms with Crippen molar-refractivity contribution in [2.24, 2.45) is 5.92 Å². The second-order valence-corrected chi connectivity index (χ2v) is 9.14. The van der Waals surface area contributed by atoms with E-state index in [1.807, 2.05) is 6.07 Å². The molecule has 2 fully saturated rings. The Morgan fingerprint density at radius 1 is 1.15 bits per heavy atom. The predicted octanol–water partition coefficient (Wildman–Crippen LogP) is 1.69. The summed E-state index contributed by atoms with van der Waals surface area (Å²) in [6, 6.07) is 6.61. The molecule has 2 aliphatic heterocycles. The molecule has 8 nitrogen and oxygen atoms in total. The van der Waals surface area contributed by atoms with Crippen LogP contribution in [0.4, 0.5) is 5.69 Å². The van der Waals surface area contributed by atoms with E-state index in [0.717, 1.165) is 18.4 Å². The maximum Gasteiger partial charge on any atom is 0.282 e. The third kappa shape index (κ3) is 4.40. The molecule has 0 amide bonds. The quantitative estimate of drug-likeness (QED) is 0.571. The highest BCUT2D eigenvalue weighted by atomic mass is 32.2. The molecule has 26 heavy (non-hydrogen) atoms. The lowest BCUT2D eigenvalue weighted by atomic mass is 10.0. The molecule has 0 N–H and O–H groups in total. The van der Waals surface area contributed by atoms with Gasteiger partial charge in [0.1, 0.15) is 0 Å². The Morgan fingerprint density at radius 2 is 1.88 bits per heavy atom. The molecule has 2 aliphatic rings. The van der Waals surface area contributed by atoms with Crippen molar-refractivity contribution in [3.8, 4) is 0 Å². The average Bonchev–Trinajstić information content (AvgIpc) is 2.62. The summed E-state index contributed by atoms with van der Waals surface area (Å²) in [5.41, 5.74) is 0.961. The predicted molar refractivity (Wildman–Crippen MR) is 98.8 cm³/mol. The third-order valence-electron chi connectivity index (χ3n) is 5.13. The lowest BCUT2D eigenvalue weighted by molar-refractivity contribution is -0.384. The molecule has 2 saturated heterocycles. The first-order chi connectivity index (χ1) is 12.4. The molecule has 0 radical (unpaired) electrons. The molecule has 0 aliphatic carbocycles. The second-order valence-electron chi connectivity index (χ2n) is 7.22. The van der Waals surface area contributed by atoms with Gasteiger partial charge in [0.15, 0.2) is 0 Å². The largest absolute Gasteiger partial charge is 0.296 e. The number of piperazine rings is 1. The number of piperidine rings is 1. The molecule has 0 spiro atoms. The lowest BCUT2D eigenvalue weighted by Crippen LogP contribution is -2.54. The van der Waals surface area contributed by atoms with Gasteiger partial charge in [-0.15, -0.1) is 0 Å². The highest BCUT2D eigenvalue weighted by Gasteiger charge is 2.34. The van der Waals surface area contributed by atoms with E-state index >= 15 is 0 Å². The van der Waals surface area contributed by atoms with E-state index in [4.69, 9.17) is 0 Å². The van der Waals surface area contributed by atoms with Gasteiger partial charge in [-0.3, -0.25) is 15.0 Å². The van der Waals surface area contributed by atoms with Gasteiger partial charge in [-0.1, -0.05) is 19.1 Å². The minimum Gasteiger partial charge on any atom is -0.296 e. The Morgan fingerprint density at radius 3 is 2.54 bits per heavy atom. The molecular formula is C17H26N4O4S. The zero-order valence-electron chi connectivity index (χ0n) is 15.1. The van der Waals surface area contributed by atoms with Gasteiger partial charge in [-0.25, -0.2) is 0 Å². The molecule has 3 rings (SSSR count). The highest BCUT2D eigenvalue weighted by Crippen LogP contribution is 2.22. The van der Waals surface area contributed by atoms with Crippen molar-refractivity contribution in [3.63, 3.8) is 0 Å². The minimum atomic E-state index is -3.38. The smallest absolute Gasteiger partial charge is 0.282 e. The number of benzene rings is 1. The van der Waals surface area contributed by atoms with E-state index in [2.05, 4.69) is 11.8 Å². The van der Waals surface area contributed by atoms with Crippen molar-refractivity contribution in [1.82, 2.24) is 13.5 Å². The normalized spacial score (nSPS) is 23.8. The van der Waals surface area contributed by atoms with Crippen LogP contribution in [0.25, 0.3) is 0 Å². The second kappa shape index (κ2) is 7.99. The molecule has 1 aromatic rings. The number of nitro benzene ring substituents is 1. The summed E-state index contributed by atoms with van der Waals surface area (Å²) in [5, 5.41) is 10.9. The Balaban J connectivity index is 1.57. The first-order valence-corrected chi connectivity index (χ1v) is 10.5. The highest BCUT2D eigenvalue weighted by molar-refractivity contribution is 7.86. The van der Waals surface area contributed by atoms with Crippen LogP contribution in [0.1, 0.15) is 25.3 Å². The number of hydrogen-bond donors (Lipinski definition) is 0. The van der Waals surface area contributed by atoms with E-state index in [1.54, 1.807) is 20.7 Å². The lowest BCUT2D eigenvalue weighted by Gasteiger charge is -2.38. The number of rotatable bonds is 5. The molecule has 1 aromatic carbocycles. The van der Waals surface area contributed by atoms with Crippen LogP contribution in [0.5, 0.6) is 0 Å². The summed E-state index contributed by atoms with van der Waals surface area (Å²) in [7, 11) is -3.38. The van der Waals surface area contributed by atoms with E-state index in [-0.39, 0.29) is 5.69 Å². The topological polar surface area (TPSA) is 87.0 Å². The fourth-order valence-electron chi connectivity index (χ4n) is 3.66. The molecule has 0 aromatic heterocycles. The summed E-state index contributed by atoms with van der Waals surface area (Å²) in [6.07, 6.45) is 2.01. The molecule has 144 valence electrons. The van der Waals surface area contributed by atoms with Crippen molar-refractivity contribution < 1.29 is 13.3 Å². The molecular weight excluding hydrogens is 356 g/mol. The van der Waals surface area contributed by atoms with E-state index < -0.39 is 15.1 Å². The molecule has 2 heterocycles. The van der Waals surface area contributed by atoms with E-state index in [1.165, 1.54) is 6.07 Å². The van der Waals surface area contributed by atoms with Crippen LogP contribution in [-0.2, 0) is 16.8 Å². The van der Waals surface area contributed by atoms with Gasteiger partial charge in [0, 0.05) is 57.9 Å². The van der Waals surface area contributed by atoms with Crippen molar-refractivity contribution >= 4 is 15.9 Å². The van der Waals surface area contributed by atoms with Gasteiger partial charge < -0.3 is 0 Å². The van der Waals surface area contributed by atoms with Crippen molar-refractivity contribution in [2.75, 3.05) is 39.3 Å². The van der Waals surface area contributed by atoms with E-state index in [0.29, 0.717) is 51.7 Å². The van der Waals surface area contributed by atoms with E-state index in [9.17, 15) is 18.5 Å². The SMILES string of the molecule is CC1CCCN(S(=O)(=O)N2CCN(Cc3cccc([N+](=O)[O-])c3)CC2)C1. The Hall–Kier alpha value is -1.55. The summed E-state index contributed by atoms with van der Waals surface area (Å²) in [6.45, 7) is 6.09. The Bertz CT molecular complexity index is 747. The molecule has 0 saturated carbocycles. The van der Waals surface area contributed by atoms with Gasteiger partial charge in [-0.05, 0) is 24.3 Å². The third-order valence-corrected chi connectivity index (χ3v) is 7.13. The standard InChI is InChI=1S/C17H26N4O4S/c1-15-4-3-7-20(13-15)26(24,25)19-10-8-18(9-11-19)14-16-5-2-6-17(12-16)21(22)23/h2,5-6,12,15H,3-4,7-11,13-14H2,1H3. The van der Waals surface area contributed by atoms with Gasteiger partial charge in [0.2, 0.25) is 0 Å². The van der Waals surface area contributed by atoms with Crippen LogP contribution in [0.3, 0.4) is 0 Å². The molecule has 0 bridgehead atoms. The van der Waals surface area contributed by atoms with Crippen molar-refractivity contribution in [3.05, 3.63) is 39.9 Å². The Labute approximate surface area is 154 Å². The summed E-state index contributed by atoms with van der Waals surface area (Å²) in [5.74, 6) is 0.411. The van der Waals surface area contributed by atoms with Crippen LogP contribution >= 0.6 is 0 Å². The fourth-order valence-corrected chi connectivity index (χ4v) is 5.42. The van der Waals surface area contributed by atoms with Crippen molar-refractivity contribution in [1.29, 1.82) is 0 Å². The summed E-state index contributed by atoms with van der Waals surface area (Å²) < 4.78 is 28.9. The minimum absolute atomic E-state index is 0.0860. The molecule has 9 heteroatoms. The van der Waals surface area contributed by atoms with Crippen LogP contribution in [0.15, 0.2) is 24.3 Å². The van der Waals surface area contributed by atoms with Gasteiger partial charge in [0.25, 0.3) is 15.9 Å². The maximum atomic E-state index is 12.8. The number of nitro groups is 1. The number of nitrogens with zero attached hydrogens (tertiary/aromatic N) is 4. The molecule has 1 atom stereocenters. The summed E-state index contributed by atoms with van der Waals surface area (Å²) in [4.78, 5) is 12.6. The summed E-state index contributed by atoms with van der Waals surface area (Å²) >= 11 is 0. The first kappa shape index (κ1) is 19.2.